The van der Waals surface area contributed by atoms with Gasteiger partial charge in [-0.25, -0.2) is 9.78 Å². The Hall–Kier alpha value is -3.73. The molecule has 0 bridgehead atoms. The number of benzene rings is 1. The summed E-state index contributed by atoms with van der Waals surface area (Å²) in [6.07, 6.45) is 7.09. The van der Waals surface area contributed by atoms with E-state index in [2.05, 4.69) is 61.9 Å². The Morgan fingerprint density at radius 1 is 1.14 bits per heavy atom. The third kappa shape index (κ3) is 9.09. The fourth-order valence-corrected chi connectivity index (χ4v) is 6.62. The van der Waals surface area contributed by atoms with Gasteiger partial charge in [0.05, 0.1) is 35.2 Å². The van der Waals surface area contributed by atoms with Gasteiger partial charge in [0.25, 0.3) is 0 Å². The molecule has 10 heteroatoms. The quantitative estimate of drug-likeness (QED) is 0.156. The van der Waals surface area contributed by atoms with Crippen molar-refractivity contribution in [2.24, 2.45) is 0 Å². The zero-order valence-corrected chi connectivity index (χ0v) is 30.5. The zero-order valence-electron chi connectivity index (χ0n) is 30.5. The molecule has 1 aliphatic heterocycles. The Morgan fingerprint density at radius 3 is 2.47 bits per heavy atom. The first-order chi connectivity index (χ1) is 23.2. The molecule has 2 unspecified atom stereocenters. The molecule has 1 aromatic carbocycles. The number of rotatable bonds is 16. The Bertz CT molecular complexity index is 1650. The second-order valence-electron chi connectivity index (χ2n) is 15.0. The number of aryl methyl sites for hydroxylation is 2. The predicted molar refractivity (Wildman–Crippen MR) is 193 cm³/mol. The number of ether oxygens (including phenoxy) is 3. The summed E-state index contributed by atoms with van der Waals surface area (Å²) in [6, 6.07) is 8.93. The number of nitrogens with zero attached hydrogens (tertiary/aromatic N) is 5. The van der Waals surface area contributed by atoms with E-state index in [1.165, 1.54) is 0 Å². The molecule has 1 saturated heterocycles. The molecule has 266 valence electrons. The Balaban J connectivity index is 1.52. The van der Waals surface area contributed by atoms with Crippen molar-refractivity contribution in [3.05, 3.63) is 77.7 Å². The number of anilines is 1. The Labute approximate surface area is 291 Å². The van der Waals surface area contributed by atoms with Gasteiger partial charge in [0, 0.05) is 56.0 Å². The number of piperidine rings is 1. The normalized spacial score (nSPS) is 17.7. The molecule has 2 atom stereocenters. The predicted octanol–water partition coefficient (Wildman–Crippen LogP) is 7.36. The summed E-state index contributed by atoms with van der Waals surface area (Å²) in [5, 5.41) is 15.6. The molecule has 3 aromatic rings. The van der Waals surface area contributed by atoms with E-state index in [1.807, 2.05) is 44.4 Å². The van der Waals surface area contributed by atoms with Crippen LogP contribution in [-0.2, 0) is 27.4 Å². The van der Waals surface area contributed by atoms with Crippen molar-refractivity contribution in [2.45, 2.75) is 123 Å². The summed E-state index contributed by atoms with van der Waals surface area (Å²) in [4.78, 5) is 22.5. The molecule has 49 heavy (non-hydrogen) atoms. The maximum atomic E-state index is 12.8. The number of carboxylic acids is 1. The molecule has 0 radical (unpaired) electrons. The van der Waals surface area contributed by atoms with Crippen molar-refractivity contribution in [1.82, 2.24) is 19.5 Å². The molecule has 1 aliphatic carbocycles. The van der Waals surface area contributed by atoms with E-state index in [9.17, 15) is 9.90 Å². The molecule has 10 nitrogen and oxygen atoms in total. The van der Waals surface area contributed by atoms with Gasteiger partial charge in [-0.15, -0.1) is 13.2 Å². The van der Waals surface area contributed by atoms with Crippen molar-refractivity contribution < 1.29 is 24.1 Å². The van der Waals surface area contributed by atoms with E-state index in [-0.39, 0.29) is 11.7 Å². The van der Waals surface area contributed by atoms with Crippen LogP contribution in [-0.4, -0.2) is 73.6 Å². The first-order valence-corrected chi connectivity index (χ1v) is 17.6. The number of hydrogen-bond acceptors (Lipinski definition) is 8. The fraction of sp³-hybridized carbons (Fsp3) is 0.564. The topological polar surface area (TPSA) is 102 Å². The van der Waals surface area contributed by atoms with Gasteiger partial charge in [0.2, 0.25) is 0 Å². The van der Waals surface area contributed by atoms with Gasteiger partial charge in [-0.2, -0.15) is 9.61 Å². The SMILES string of the molecule is C=CCOC1(C)CCN(c2c(C(OC(C)(C)C)C(=O)O)c(C)nc3cc(CN(Cc4ccc(C)cc4OC(C)CC=C)C4CC4)nn23)CC1. The van der Waals surface area contributed by atoms with Crippen molar-refractivity contribution in [1.29, 1.82) is 0 Å². The molecule has 1 N–H and O–H groups in total. The third-order valence-electron chi connectivity index (χ3n) is 9.33. The summed E-state index contributed by atoms with van der Waals surface area (Å²) in [5.41, 5.74) is 4.05. The highest BCUT2D eigenvalue weighted by atomic mass is 16.5. The minimum Gasteiger partial charge on any atom is -0.490 e. The number of hydrogen-bond donors (Lipinski definition) is 1. The lowest BCUT2D eigenvalue weighted by molar-refractivity contribution is -0.160. The van der Waals surface area contributed by atoms with Crippen LogP contribution in [0.1, 0.15) is 101 Å². The Kier molecular flexibility index (Phi) is 11.2. The van der Waals surface area contributed by atoms with Crippen molar-refractivity contribution >= 4 is 17.4 Å². The molecular formula is C39H55N5O5. The molecule has 2 aromatic heterocycles. The van der Waals surface area contributed by atoms with Crippen LogP contribution in [0.4, 0.5) is 5.82 Å². The molecule has 1 saturated carbocycles. The summed E-state index contributed by atoms with van der Waals surface area (Å²) < 4.78 is 20.6. The minimum absolute atomic E-state index is 0.0332. The first kappa shape index (κ1) is 36.5. The van der Waals surface area contributed by atoms with E-state index in [1.54, 1.807) is 6.08 Å². The van der Waals surface area contributed by atoms with E-state index >= 15 is 0 Å². The summed E-state index contributed by atoms with van der Waals surface area (Å²) in [5.74, 6) is 0.578. The van der Waals surface area contributed by atoms with Gasteiger partial charge in [-0.1, -0.05) is 24.3 Å². The average molecular weight is 674 g/mol. The second-order valence-corrected chi connectivity index (χ2v) is 15.0. The highest BCUT2D eigenvalue weighted by Gasteiger charge is 2.38. The summed E-state index contributed by atoms with van der Waals surface area (Å²) in [6.45, 7) is 24.7. The highest BCUT2D eigenvalue weighted by Crippen LogP contribution is 2.38. The van der Waals surface area contributed by atoms with Gasteiger partial charge >= 0.3 is 5.97 Å². The zero-order chi connectivity index (χ0) is 35.5. The van der Waals surface area contributed by atoms with Gasteiger partial charge < -0.3 is 24.2 Å². The monoisotopic (exact) mass is 673 g/mol. The van der Waals surface area contributed by atoms with Crippen molar-refractivity contribution in [3.8, 4) is 5.75 Å². The lowest BCUT2D eigenvalue weighted by Crippen LogP contribution is -2.45. The van der Waals surface area contributed by atoms with Crippen LogP contribution in [0.3, 0.4) is 0 Å². The lowest BCUT2D eigenvalue weighted by atomic mass is 9.92. The third-order valence-corrected chi connectivity index (χ3v) is 9.33. The van der Waals surface area contributed by atoms with Gasteiger partial charge in [-0.05, 0) is 85.8 Å². The second kappa shape index (κ2) is 15.0. The number of carbonyl (C=O) groups is 1. The highest BCUT2D eigenvalue weighted by molar-refractivity contribution is 5.78. The van der Waals surface area contributed by atoms with Crippen LogP contribution in [0.5, 0.6) is 5.75 Å². The number of aliphatic carboxylic acids is 1. The maximum absolute atomic E-state index is 12.8. The van der Waals surface area contributed by atoms with Crippen LogP contribution in [0.25, 0.3) is 5.65 Å². The molecular weight excluding hydrogens is 618 g/mol. The van der Waals surface area contributed by atoms with E-state index in [4.69, 9.17) is 24.3 Å². The number of carboxylic acid groups (broad SMARTS) is 1. The van der Waals surface area contributed by atoms with Gasteiger partial charge in [0.15, 0.2) is 11.8 Å². The van der Waals surface area contributed by atoms with Crippen LogP contribution >= 0.6 is 0 Å². The average Bonchev–Trinajstić information content (AvgIpc) is 3.80. The number of aromatic nitrogens is 3. The standard InChI is InChI=1S/C39H55N5O5/c1-10-12-27(4)48-32-22-26(3)13-14-29(32)24-43(31-15-16-31)25-30-23-33-40-28(5)34(35(37(45)46)49-38(6,7)8)36(44(33)41-30)42-19-17-39(9,18-20-42)47-21-11-2/h10-11,13-14,22-23,27,31,35H,1-2,12,15-21,24-25H2,3-9H3,(H,45,46). The number of fused-ring (bicyclic) bond motifs is 1. The minimum atomic E-state index is -1.21. The van der Waals surface area contributed by atoms with Gasteiger partial charge in [0.1, 0.15) is 11.6 Å². The van der Waals surface area contributed by atoms with E-state index in [0.29, 0.717) is 49.2 Å². The summed E-state index contributed by atoms with van der Waals surface area (Å²) >= 11 is 0. The Morgan fingerprint density at radius 2 is 1.86 bits per heavy atom. The first-order valence-electron chi connectivity index (χ1n) is 17.6. The van der Waals surface area contributed by atoms with Crippen LogP contribution in [0.2, 0.25) is 0 Å². The molecule has 0 amide bonds. The lowest BCUT2D eigenvalue weighted by Gasteiger charge is -2.41. The maximum Gasteiger partial charge on any atom is 0.337 e. The van der Waals surface area contributed by atoms with Crippen LogP contribution in [0.15, 0.2) is 49.6 Å². The fourth-order valence-electron chi connectivity index (χ4n) is 6.62. The molecule has 5 rings (SSSR count). The van der Waals surface area contributed by atoms with E-state index in [0.717, 1.165) is 67.0 Å². The molecule has 3 heterocycles. The molecule has 0 spiro atoms. The van der Waals surface area contributed by atoms with E-state index < -0.39 is 17.7 Å². The van der Waals surface area contributed by atoms with Crippen LogP contribution < -0.4 is 9.64 Å². The van der Waals surface area contributed by atoms with Crippen molar-refractivity contribution in [3.63, 3.8) is 0 Å². The largest absolute Gasteiger partial charge is 0.490 e. The molecule has 2 fully saturated rings. The smallest absolute Gasteiger partial charge is 0.337 e. The van der Waals surface area contributed by atoms with Gasteiger partial charge in [-0.3, -0.25) is 4.90 Å². The summed E-state index contributed by atoms with van der Waals surface area (Å²) in [7, 11) is 0. The van der Waals surface area contributed by atoms with Crippen LogP contribution in [0, 0.1) is 13.8 Å². The molecule has 2 aliphatic rings. The van der Waals surface area contributed by atoms with Crippen molar-refractivity contribution in [2.75, 3.05) is 24.6 Å².